The van der Waals surface area contributed by atoms with Gasteiger partial charge in [0.05, 0.1) is 25.7 Å². The number of fused-ring (bicyclic) bond motifs is 1. The van der Waals surface area contributed by atoms with Crippen LogP contribution in [0.2, 0.25) is 15.1 Å². The number of halogens is 3. The second-order valence-corrected chi connectivity index (χ2v) is 12.1. The Morgan fingerprint density at radius 1 is 1.00 bits per heavy atom. The number of ether oxygens (including phenoxy) is 1. The zero-order chi connectivity index (χ0) is 26.7. The molecular weight excluding hydrogens is 577 g/mol. The third-order valence-corrected chi connectivity index (χ3v) is 9.29. The first-order chi connectivity index (χ1) is 19.0. The Hall–Kier alpha value is -2.97. The Morgan fingerprint density at radius 2 is 1.79 bits per heavy atom. The van der Waals surface area contributed by atoms with Gasteiger partial charge in [-0.1, -0.05) is 63.6 Å². The zero-order valence-electron chi connectivity index (χ0n) is 20.5. The second-order valence-electron chi connectivity index (χ2n) is 10.0. The summed E-state index contributed by atoms with van der Waals surface area (Å²) in [5, 5.41) is 6.77. The quantitative estimate of drug-likeness (QED) is 0.204. The molecule has 0 radical (unpaired) electrons. The smallest absolute Gasteiger partial charge is 0.265 e. The number of benzene rings is 3. The molecule has 1 N–H and O–H groups in total. The Morgan fingerprint density at radius 3 is 2.54 bits per heavy atom. The van der Waals surface area contributed by atoms with Gasteiger partial charge in [-0.3, -0.25) is 9.17 Å². The highest BCUT2D eigenvalue weighted by Crippen LogP contribution is 2.46. The molecule has 6 nitrogen and oxygen atoms in total. The fourth-order valence-electron chi connectivity index (χ4n) is 5.16. The first-order valence-electron chi connectivity index (χ1n) is 12.7. The summed E-state index contributed by atoms with van der Waals surface area (Å²) in [6.45, 7) is 1.94. The lowest BCUT2D eigenvalue weighted by Crippen LogP contribution is -2.45. The first kappa shape index (κ1) is 25.0. The van der Waals surface area contributed by atoms with E-state index in [1.807, 2.05) is 30.3 Å². The number of aromatic amines is 1. The number of hydrogen-bond donors (Lipinski definition) is 1. The maximum absolute atomic E-state index is 12.0. The zero-order valence-corrected chi connectivity index (χ0v) is 23.6. The number of nitrogens with one attached hydrogen (secondary N) is 1. The Bertz CT molecular complexity index is 1750. The summed E-state index contributed by atoms with van der Waals surface area (Å²) in [5.41, 5.74) is 4.23. The van der Waals surface area contributed by atoms with E-state index >= 15 is 0 Å². The SMILES string of the molecule is O=c1[nH]sc2ccc(N3CC(c4ccc(OCc5c(-c6c(Cl)cccc6Cl)noc5C5CC5)cc4Cl)C3)cc12. The summed E-state index contributed by atoms with van der Waals surface area (Å²) in [6.07, 6.45) is 2.13. The van der Waals surface area contributed by atoms with Crippen molar-refractivity contribution in [3.63, 3.8) is 0 Å². The number of aromatic nitrogens is 2. The van der Waals surface area contributed by atoms with Crippen molar-refractivity contribution in [2.45, 2.75) is 31.3 Å². The standard InChI is InChI=1S/C29H22Cl3N3O3S/c30-22-2-1-3-23(31)26(22)27-21(28(38-33-27)15-4-5-15)14-37-18-7-8-19(24(32)11-18)16-12-35(13-16)17-6-9-25-20(10-17)29(36)34-39-25/h1-3,6-11,15-16H,4-5,12-14H2,(H,34,36). The molecule has 1 saturated heterocycles. The normalized spacial score (nSPS) is 15.6. The molecule has 2 aliphatic rings. The Kier molecular flexibility index (Phi) is 6.35. The molecule has 0 bridgehead atoms. The molecule has 198 valence electrons. The summed E-state index contributed by atoms with van der Waals surface area (Å²) in [4.78, 5) is 14.3. The monoisotopic (exact) mass is 597 g/mol. The molecule has 39 heavy (non-hydrogen) atoms. The molecule has 5 aromatic rings. The molecule has 1 aliphatic carbocycles. The van der Waals surface area contributed by atoms with Crippen LogP contribution in [0, 0.1) is 0 Å². The van der Waals surface area contributed by atoms with E-state index in [0.717, 1.165) is 58.6 Å². The van der Waals surface area contributed by atoms with Crippen molar-refractivity contribution in [1.29, 1.82) is 0 Å². The summed E-state index contributed by atoms with van der Waals surface area (Å²) in [5.74, 6) is 2.15. The largest absolute Gasteiger partial charge is 0.489 e. The predicted molar refractivity (Wildman–Crippen MR) is 157 cm³/mol. The highest BCUT2D eigenvalue weighted by Gasteiger charge is 2.34. The Balaban J connectivity index is 1.07. The molecule has 0 amide bonds. The summed E-state index contributed by atoms with van der Waals surface area (Å²) >= 11 is 21.0. The van der Waals surface area contributed by atoms with Crippen LogP contribution in [-0.4, -0.2) is 22.6 Å². The van der Waals surface area contributed by atoms with E-state index < -0.39 is 0 Å². The van der Waals surface area contributed by atoms with Crippen LogP contribution in [0.15, 0.2) is 63.9 Å². The van der Waals surface area contributed by atoms with E-state index in [1.54, 1.807) is 18.2 Å². The molecule has 10 heteroatoms. The van der Waals surface area contributed by atoms with E-state index in [1.165, 1.54) is 11.5 Å². The minimum atomic E-state index is -0.0369. The van der Waals surface area contributed by atoms with Crippen molar-refractivity contribution < 1.29 is 9.26 Å². The van der Waals surface area contributed by atoms with Crippen LogP contribution in [0.3, 0.4) is 0 Å². The molecular formula is C29H22Cl3N3O3S. The van der Waals surface area contributed by atoms with Crippen molar-refractivity contribution in [3.8, 4) is 17.0 Å². The van der Waals surface area contributed by atoms with Crippen molar-refractivity contribution in [2.75, 3.05) is 18.0 Å². The fraction of sp³-hybridized carbons (Fsp3) is 0.241. The highest BCUT2D eigenvalue weighted by molar-refractivity contribution is 7.13. The number of hydrogen-bond acceptors (Lipinski definition) is 6. The fourth-order valence-corrected chi connectivity index (χ4v) is 6.77. The number of nitrogens with zero attached hydrogens (tertiary/aromatic N) is 2. The van der Waals surface area contributed by atoms with E-state index in [-0.39, 0.29) is 12.2 Å². The van der Waals surface area contributed by atoms with Gasteiger partial charge < -0.3 is 14.2 Å². The molecule has 3 heterocycles. The minimum absolute atomic E-state index is 0.0369. The van der Waals surface area contributed by atoms with E-state index in [4.69, 9.17) is 44.1 Å². The maximum atomic E-state index is 12.0. The summed E-state index contributed by atoms with van der Waals surface area (Å²) < 4.78 is 15.7. The van der Waals surface area contributed by atoms with Crippen LogP contribution < -0.4 is 15.2 Å². The van der Waals surface area contributed by atoms with Gasteiger partial charge in [0, 0.05) is 41.2 Å². The van der Waals surface area contributed by atoms with Crippen LogP contribution in [0.25, 0.3) is 21.3 Å². The van der Waals surface area contributed by atoms with Crippen LogP contribution in [-0.2, 0) is 6.61 Å². The van der Waals surface area contributed by atoms with Crippen LogP contribution >= 0.6 is 46.3 Å². The van der Waals surface area contributed by atoms with Gasteiger partial charge in [0.15, 0.2) is 0 Å². The average molecular weight is 599 g/mol. The summed E-state index contributed by atoms with van der Waals surface area (Å²) in [6, 6.07) is 17.3. The number of H-pyrrole nitrogens is 1. The van der Waals surface area contributed by atoms with E-state index in [2.05, 4.69) is 20.5 Å². The van der Waals surface area contributed by atoms with Gasteiger partial charge in [-0.2, -0.15) is 0 Å². The predicted octanol–water partition coefficient (Wildman–Crippen LogP) is 8.27. The maximum Gasteiger partial charge on any atom is 0.265 e. The molecule has 2 aromatic heterocycles. The van der Waals surface area contributed by atoms with E-state index in [0.29, 0.717) is 43.9 Å². The van der Waals surface area contributed by atoms with Crippen LogP contribution in [0.1, 0.15) is 41.6 Å². The number of rotatable bonds is 7. The van der Waals surface area contributed by atoms with Gasteiger partial charge in [-0.15, -0.1) is 0 Å². The minimum Gasteiger partial charge on any atom is -0.489 e. The number of anilines is 1. The van der Waals surface area contributed by atoms with Crippen LogP contribution in [0.4, 0.5) is 5.69 Å². The van der Waals surface area contributed by atoms with Gasteiger partial charge in [0.1, 0.15) is 23.8 Å². The molecule has 1 aliphatic heterocycles. The average Bonchev–Trinajstić information content (AvgIpc) is 3.56. The molecule has 7 rings (SSSR count). The third-order valence-electron chi connectivity index (χ3n) is 7.47. The third kappa shape index (κ3) is 4.61. The highest BCUT2D eigenvalue weighted by atomic mass is 35.5. The van der Waals surface area contributed by atoms with Crippen molar-refractivity contribution >= 4 is 62.1 Å². The summed E-state index contributed by atoms with van der Waals surface area (Å²) in [7, 11) is 0. The van der Waals surface area contributed by atoms with Gasteiger partial charge in [-0.25, -0.2) is 0 Å². The molecule has 0 spiro atoms. The lowest BCUT2D eigenvalue weighted by atomic mass is 9.90. The molecule has 3 aromatic carbocycles. The molecule has 0 unspecified atom stereocenters. The van der Waals surface area contributed by atoms with Crippen LogP contribution in [0.5, 0.6) is 5.75 Å². The van der Waals surface area contributed by atoms with Crippen molar-refractivity contribution in [2.24, 2.45) is 0 Å². The Labute approximate surface area is 243 Å². The second kappa shape index (κ2) is 9.89. The lowest BCUT2D eigenvalue weighted by molar-refractivity contribution is 0.300. The molecule has 2 fully saturated rings. The van der Waals surface area contributed by atoms with Crippen molar-refractivity contribution in [3.05, 3.63) is 96.9 Å². The first-order valence-corrected chi connectivity index (χ1v) is 14.6. The van der Waals surface area contributed by atoms with Crippen molar-refractivity contribution in [1.82, 2.24) is 9.53 Å². The van der Waals surface area contributed by atoms with E-state index in [9.17, 15) is 4.79 Å². The van der Waals surface area contributed by atoms with Gasteiger partial charge in [-0.05, 0) is 60.9 Å². The van der Waals surface area contributed by atoms with Gasteiger partial charge >= 0.3 is 0 Å². The molecule has 0 atom stereocenters. The van der Waals surface area contributed by atoms with Gasteiger partial charge in [0.2, 0.25) is 0 Å². The van der Waals surface area contributed by atoms with Gasteiger partial charge in [0.25, 0.3) is 5.56 Å². The lowest BCUT2D eigenvalue weighted by Gasteiger charge is -2.41. The topological polar surface area (TPSA) is 71.4 Å². The molecule has 1 saturated carbocycles.